The van der Waals surface area contributed by atoms with E-state index >= 15 is 0 Å². The van der Waals surface area contributed by atoms with Crippen molar-refractivity contribution in [2.24, 2.45) is 0 Å². The number of hydrogen-bond donors (Lipinski definition) is 1. The topological polar surface area (TPSA) is 29.1 Å². The van der Waals surface area contributed by atoms with Crippen molar-refractivity contribution in [2.45, 2.75) is 13.0 Å². The van der Waals surface area contributed by atoms with Crippen LogP contribution in [0, 0.1) is 17.5 Å². The number of amides is 1. The van der Waals surface area contributed by atoms with Crippen LogP contribution in [0.15, 0.2) is 24.8 Å². The molecule has 86 valence electrons. The Morgan fingerprint density at radius 3 is 2.31 bits per heavy atom. The summed E-state index contributed by atoms with van der Waals surface area (Å²) in [7, 11) is 0. The van der Waals surface area contributed by atoms with E-state index in [9.17, 15) is 18.0 Å². The lowest BCUT2D eigenvalue weighted by molar-refractivity contribution is -0.117. The van der Waals surface area contributed by atoms with E-state index in [0.717, 1.165) is 18.2 Å². The molecular formula is C11H10F3NO. The summed E-state index contributed by atoms with van der Waals surface area (Å²) in [4.78, 5) is 10.9. The fourth-order valence-corrected chi connectivity index (χ4v) is 1.18. The second-order valence-corrected chi connectivity index (χ2v) is 3.23. The smallest absolute Gasteiger partial charge is 0.243 e. The molecule has 0 aliphatic heterocycles. The van der Waals surface area contributed by atoms with Crippen LogP contribution >= 0.6 is 0 Å². The first-order chi connectivity index (χ1) is 7.45. The van der Waals surface area contributed by atoms with Gasteiger partial charge in [-0.1, -0.05) is 6.58 Å². The van der Waals surface area contributed by atoms with Crippen molar-refractivity contribution in [3.63, 3.8) is 0 Å². The highest BCUT2D eigenvalue weighted by atomic mass is 19.2. The zero-order chi connectivity index (χ0) is 12.3. The number of benzene rings is 1. The van der Waals surface area contributed by atoms with Crippen LogP contribution in [0.3, 0.4) is 0 Å². The molecule has 0 bridgehead atoms. The van der Waals surface area contributed by atoms with Crippen molar-refractivity contribution in [3.05, 3.63) is 47.8 Å². The van der Waals surface area contributed by atoms with Gasteiger partial charge in [0.2, 0.25) is 5.91 Å². The summed E-state index contributed by atoms with van der Waals surface area (Å²) in [5, 5.41) is 2.41. The molecule has 5 heteroatoms. The van der Waals surface area contributed by atoms with Crippen LogP contribution in [0.4, 0.5) is 13.2 Å². The molecule has 0 aliphatic rings. The Morgan fingerprint density at radius 1 is 1.38 bits per heavy atom. The van der Waals surface area contributed by atoms with Crippen molar-refractivity contribution in [2.75, 3.05) is 0 Å². The van der Waals surface area contributed by atoms with Crippen molar-refractivity contribution in [1.82, 2.24) is 5.32 Å². The molecule has 1 unspecified atom stereocenters. The molecule has 0 aromatic heterocycles. The van der Waals surface area contributed by atoms with Crippen LogP contribution in [0.1, 0.15) is 18.5 Å². The largest absolute Gasteiger partial charge is 0.346 e. The van der Waals surface area contributed by atoms with Gasteiger partial charge in [-0.3, -0.25) is 4.79 Å². The maximum atomic E-state index is 12.9. The minimum absolute atomic E-state index is 0.145. The van der Waals surface area contributed by atoms with Crippen molar-refractivity contribution >= 4 is 5.91 Å². The minimum Gasteiger partial charge on any atom is -0.346 e. The summed E-state index contributed by atoms with van der Waals surface area (Å²) in [6.07, 6.45) is 1.03. The predicted molar refractivity (Wildman–Crippen MR) is 53.1 cm³/mol. The Labute approximate surface area is 90.8 Å². The fourth-order valence-electron chi connectivity index (χ4n) is 1.18. The van der Waals surface area contributed by atoms with E-state index in [0.29, 0.717) is 0 Å². The molecule has 16 heavy (non-hydrogen) atoms. The normalized spacial score (nSPS) is 12.0. The number of hydrogen-bond acceptors (Lipinski definition) is 1. The van der Waals surface area contributed by atoms with Gasteiger partial charge in [0.1, 0.15) is 0 Å². The minimum atomic E-state index is -1.52. The van der Waals surface area contributed by atoms with Crippen molar-refractivity contribution < 1.29 is 18.0 Å². The Balaban J connectivity index is 2.96. The first kappa shape index (κ1) is 12.3. The van der Waals surface area contributed by atoms with Gasteiger partial charge in [-0.25, -0.2) is 13.2 Å². The number of halogens is 3. The van der Waals surface area contributed by atoms with Crippen molar-refractivity contribution in [3.8, 4) is 0 Å². The van der Waals surface area contributed by atoms with Gasteiger partial charge >= 0.3 is 0 Å². The molecule has 0 saturated carbocycles. The lowest BCUT2D eigenvalue weighted by Crippen LogP contribution is -2.24. The predicted octanol–water partition coefficient (Wildman–Crippen LogP) is 2.47. The van der Waals surface area contributed by atoms with E-state index in [1.165, 1.54) is 6.92 Å². The van der Waals surface area contributed by atoms with Gasteiger partial charge in [0.05, 0.1) is 6.04 Å². The van der Waals surface area contributed by atoms with Gasteiger partial charge in [-0.05, 0) is 30.7 Å². The summed E-state index contributed by atoms with van der Waals surface area (Å²) in [5.74, 6) is -4.56. The molecule has 0 aliphatic carbocycles. The van der Waals surface area contributed by atoms with Gasteiger partial charge in [0, 0.05) is 0 Å². The number of carbonyl (C=O) groups excluding carboxylic acids is 1. The zero-order valence-electron chi connectivity index (χ0n) is 8.56. The first-order valence-corrected chi connectivity index (χ1v) is 4.53. The average molecular weight is 229 g/mol. The van der Waals surface area contributed by atoms with Crippen LogP contribution in [0.25, 0.3) is 0 Å². The van der Waals surface area contributed by atoms with E-state index in [1.54, 1.807) is 0 Å². The number of nitrogens with one attached hydrogen (secondary N) is 1. The van der Waals surface area contributed by atoms with E-state index in [2.05, 4.69) is 11.9 Å². The van der Waals surface area contributed by atoms with E-state index < -0.39 is 29.4 Å². The van der Waals surface area contributed by atoms with Crippen molar-refractivity contribution in [1.29, 1.82) is 0 Å². The van der Waals surface area contributed by atoms with Crippen LogP contribution in [-0.2, 0) is 4.79 Å². The molecule has 0 heterocycles. The lowest BCUT2D eigenvalue weighted by atomic mass is 10.1. The molecule has 1 amide bonds. The highest BCUT2D eigenvalue weighted by Gasteiger charge is 2.14. The molecule has 0 radical (unpaired) electrons. The molecule has 2 nitrogen and oxygen atoms in total. The van der Waals surface area contributed by atoms with Crippen LogP contribution in [0.5, 0.6) is 0 Å². The van der Waals surface area contributed by atoms with E-state index in [4.69, 9.17) is 0 Å². The van der Waals surface area contributed by atoms with Gasteiger partial charge in [-0.15, -0.1) is 0 Å². The number of rotatable bonds is 3. The Morgan fingerprint density at radius 2 is 1.88 bits per heavy atom. The summed E-state index contributed by atoms with van der Waals surface area (Å²) in [6, 6.07) is 1.05. The monoisotopic (exact) mass is 229 g/mol. The molecule has 0 fully saturated rings. The van der Waals surface area contributed by atoms with Gasteiger partial charge in [0.25, 0.3) is 0 Å². The Hall–Kier alpha value is -1.78. The molecule has 1 aromatic carbocycles. The molecule has 1 N–H and O–H groups in total. The summed E-state index contributed by atoms with van der Waals surface area (Å²) in [5.41, 5.74) is 0.145. The van der Waals surface area contributed by atoms with Gasteiger partial charge in [-0.2, -0.15) is 0 Å². The summed E-state index contributed by atoms with van der Waals surface area (Å²) >= 11 is 0. The third-order valence-electron chi connectivity index (χ3n) is 2.05. The standard InChI is InChI=1S/C11H10F3NO/c1-3-10(16)15-6(2)7-4-8(12)11(14)9(13)5-7/h3-6H,1H2,2H3,(H,15,16). The highest BCUT2D eigenvalue weighted by Crippen LogP contribution is 2.18. The maximum absolute atomic E-state index is 12.9. The second kappa shape index (κ2) is 4.83. The fraction of sp³-hybridized carbons (Fsp3) is 0.182. The Kier molecular flexibility index (Phi) is 3.71. The highest BCUT2D eigenvalue weighted by molar-refractivity contribution is 5.87. The molecule has 1 rings (SSSR count). The van der Waals surface area contributed by atoms with Crippen LogP contribution < -0.4 is 5.32 Å². The zero-order valence-corrected chi connectivity index (χ0v) is 8.56. The SMILES string of the molecule is C=CC(=O)NC(C)c1cc(F)c(F)c(F)c1. The quantitative estimate of drug-likeness (QED) is 0.626. The molecule has 1 aromatic rings. The van der Waals surface area contributed by atoms with E-state index in [-0.39, 0.29) is 5.56 Å². The molecule has 1 atom stereocenters. The summed E-state index contributed by atoms with van der Waals surface area (Å²) < 4.78 is 38.4. The van der Waals surface area contributed by atoms with Gasteiger partial charge in [0.15, 0.2) is 17.5 Å². The second-order valence-electron chi connectivity index (χ2n) is 3.23. The molecule has 0 spiro atoms. The van der Waals surface area contributed by atoms with Gasteiger partial charge < -0.3 is 5.32 Å². The maximum Gasteiger partial charge on any atom is 0.243 e. The average Bonchev–Trinajstić information content (AvgIpc) is 2.24. The third-order valence-corrected chi connectivity index (χ3v) is 2.05. The Bertz CT molecular complexity index is 408. The van der Waals surface area contributed by atoms with Crippen LogP contribution in [-0.4, -0.2) is 5.91 Å². The third kappa shape index (κ3) is 2.62. The first-order valence-electron chi connectivity index (χ1n) is 4.53. The molecule has 0 saturated heterocycles. The van der Waals surface area contributed by atoms with E-state index in [1.807, 2.05) is 0 Å². The summed E-state index contributed by atoms with van der Waals surface area (Å²) in [6.45, 7) is 4.76. The lowest BCUT2D eigenvalue weighted by Gasteiger charge is -2.13. The molecular weight excluding hydrogens is 219 g/mol. The number of carbonyl (C=O) groups is 1. The van der Waals surface area contributed by atoms with Crippen LogP contribution in [0.2, 0.25) is 0 Å².